The van der Waals surface area contributed by atoms with E-state index in [-0.39, 0.29) is 25.0 Å². The van der Waals surface area contributed by atoms with Crippen molar-refractivity contribution in [2.75, 3.05) is 32.8 Å². The van der Waals surface area contributed by atoms with Crippen LogP contribution in [0.25, 0.3) is 0 Å². The van der Waals surface area contributed by atoms with E-state index in [1.54, 1.807) is 4.90 Å². The number of rotatable bonds is 9. The highest BCUT2D eigenvalue weighted by atomic mass is 16.5. The summed E-state index contributed by atoms with van der Waals surface area (Å²) in [5.74, 6) is -0.231. The Morgan fingerprint density at radius 1 is 1.18 bits per heavy atom. The number of nitrogens with zero attached hydrogens (tertiary/aromatic N) is 1. The van der Waals surface area contributed by atoms with Gasteiger partial charge in [-0.1, -0.05) is 13.8 Å². The molecule has 0 aliphatic rings. The van der Waals surface area contributed by atoms with Crippen LogP contribution in [0, 0.1) is 0 Å². The van der Waals surface area contributed by atoms with Crippen LogP contribution in [0.4, 0.5) is 0 Å². The highest BCUT2D eigenvalue weighted by Gasteiger charge is 2.15. The third kappa shape index (κ3) is 7.74. The van der Waals surface area contributed by atoms with E-state index in [0.717, 1.165) is 12.8 Å². The molecule has 0 aliphatic heterocycles. The highest BCUT2D eigenvalue weighted by Crippen LogP contribution is 1.94. The Hall–Kier alpha value is -1.10. The summed E-state index contributed by atoms with van der Waals surface area (Å²) in [6, 6.07) is 0. The van der Waals surface area contributed by atoms with E-state index >= 15 is 0 Å². The molecular weight excluding hydrogens is 220 g/mol. The fourth-order valence-electron chi connectivity index (χ4n) is 1.34. The Kier molecular flexibility index (Phi) is 9.43. The average molecular weight is 244 g/mol. The second-order valence-corrected chi connectivity index (χ2v) is 3.80. The van der Waals surface area contributed by atoms with Crippen molar-refractivity contribution in [1.82, 2.24) is 10.2 Å². The summed E-state index contributed by atoms with van der Waals surface area (Å²) in [6.45, 7) is 7.73. The van der Waals surface area contributed by atoms with Crippen molar-refractivity contribution in [2.24, 2.45) is 0 Å². The molecule has 0 heterocycles. The van der Waals surface area contributed by atoms with Crippen LogP contribution < -0.4 is 5.32 Å². The molecule has 0 aromatic rings. The SMILES string of the molecule is CCCNC(=O)CN(CCC)C(=O)COCC. The largest absolute Gasteiger partial charge is 0.372 e. The van der Waals surface area contributed by atoms with Gasteiger partial charge in [0.1, 0.15) is 6.61 Å². The van der Waals surface area contributed by atoms with E-state index in [0.29, 0.717) is 19.7 Å². The monoisotopic (exact) mass is 244 g/mol. The smallest absolute Gasteiger partial charge is 0.249 e. The minimum atomic E-state index is -0.125. The number of nitrogens with one attached hydrogen (secondary N) is 1. The van der Waals surface area contributed by atoms with Crippen LogP contribution in [0.5, 0.6) is 0 Å². The number of amides is 2. The Morgan fingerprint density at radius 3 is 2.41 bits per heavy atom. The molecule has 0 atom stereocenters. The Labute approximate surface area is 103 Å². The molecule has 0 fully saturated rings. The van der Waals surface area contributed by atoms with Crippen LogP contribution in [-0.4, -0.2) is 49.6 Å². The molecule has 100 valence electrons. The van der Waals surface area contributed by atoms with Gasteiger partial charge in [-0.25, -0.2) is 0 Å². The molecule has 0 aromatic heterocycles. The zero-order chi connectivity index (χ0) is 13.1. The number of ether oxygens (including phenoxy) is 1. The Bertz CT molecular complexity index is 232. The lowest BCUT2D eigenvalue weighted by molar-refractivity contribution is -0.139. The quantitative estimate of drug-likeness (QED) is 0.652. The second kappa shape index (κ2) is 10.1. The van der Waals surface area contributed by atoms with Gasteiger partial charge in [-0.2, -0.15) is 0 Å². The molecule has 0 saturated carbocycles. The van der Waals surface area contributed by atoms with Gasteiger partial charge < -0.3 is 15.0 Å². The fourth-order valence-corrected chi connectivity index (χ4v) is 1.34. The molecule has 0 radical (unpaired) electrons. The van der Waals surface area contributed by atoms with Gasteiger partial charge in [0.2, 0.25) is 11.8 Å². The number of hydrogen-bond acceptors (Lipinski definition) is 3. The first kappa shape index (κ1) is 15.9. The first-order valence-electron chi connectivity index (χ1n) is 6.27. The molecule has 0 aliphatic carbocycles. The zero-order valence-electron chi connectivity index (χ0n) is 11.1. The van der Waals surface area contributed by atoms with E-state index in [4.69, 9.17) is 4.74 Å². The molecule has 5 nitrogen and oxygen atoms in total. The van der Waals surface area contributed by atoms with E-state index in [1.807, 2.05) is 20.8 Å². The van der Waals surface area contributed by atoms with Crippen molar-refractivity contribution < 1.29 is 14.3 Å². The molecule has 0 saturated heterocycles. The molecule has 0 unspecified atom stereocenters. The summed E-state index contributed by atoms with van der Waals surface area (Å²) in [7, 11) is 0. The van der Waals surface area contributed by atoms with E-state index in [1.165, 1.54) is 0 Å². The van der Waals surface area contributed by atoms with Gasteiger partial charge in [-0.15, -0.1) is 0 Å². The molecule has 5 heteroatoms. The third-order valence-corrected chi connectivity index (χ3v) is 2.18. The van der Waals surface area contributed by atoms with Gasteiger partial charge >= 0.3 is 0 Å². The van der Waals surface area contributed by atoms with Crippen LogP contribution >= 0.6 is 0 Å². The lowest BCUT2D eigenvalue weighted by Crippen LogP contribution is -2.42. The van der Waals surface area contributed by atoms with Gasteiger partial charge in [0.05, 0.1) is 6.54 Å². The van der Waals surface area contributed by atoms with Crippen molar-refractivity contribution in [3.63, 3.8) is 0 Å². The van der Waals surface area contributed by atoms with Crippen LogP contribution in [0.3, 0.4) is 0 Å². The van der Waals surface area contributed by atoms with Gasteiger partial charge in [0.15, 0.2) is 0 Å². The summed E-state index contributed by atoms with van der Waals surface area (Å²) in [4.78, 5) is 24.8. The maximum absolute atomic E-state index is 11.7. The third-order valence-electron chi connectivity index (χ3n) is 2.18. The molecular formula is C12H24N2O3. The normalized spacial score (nSPS) is 10.1. The fraction of sp³-hybridized carbons (Fsp3) is 0.833. The zero-order valence-corrected chi connectivity index (χ0v) is 11.1. The summed E-state index contributed by atoms with van der Waals surface area (Å²) >= 11 is 0. The van der Waals surface area contributed by atoms with Crippen molar-refractivity contribution >= 4 is 11.8 Å². The maximum Gasteiger partial charge on any atom is 0.249 e. The van der Waals surface area contributed by atoms with Crippen molar-refractivity contribution in [2.45, 2.75) is 33.6 Å². The maximum atomic E-state index is 11.7. The van der Waals surface area contributed by atoms with Gasteiger partial charge in [-0.05, 0) is 19.8 Å². The number of hydrogen-bond donors (Lipinski definition) is 1. The first-order chi connectivity index (χ1) is 8.15. The summed E-state index contributed by atoms with van der Waals surface area (Å²) in [5.41, 5.74) is 0. The van der Waals surface area contributed by atoms with E-state index < -0.39 is 0 Å². The highest BCUT2D eigenvalue weighted by molar-refractivity contribution is 5.85. The summed E-state index contributed by atoms with van der Waals surface area (Å²) in [5, 5.41) is 2.76. The van der Waals surface area contributed by atoms with Crippen molar-refractivity contribution in [3.05, 3.63) is 0 Å². The molecule has 0 rings (SSSR count). The van der Waals surface area contributed by atoms with Crippen LogP contribution in [-0.2, 0) is 14.3 Å². The minimum absolute atomic E-state index is 0.0531. The summed E-state index contributed by atoms with van der Waals surface area (Å²) < 4.78 is 5.06. The van der Waals surface area contributed by atoms with Crippen molar-refractivity contribution in [3.8, 4) is 0 Å². The molecule has 0 bridgehead atoms. The molecule has 1 N–H and O–H groups in total. The van der Waals surface area contributed by atoms with Gasteiger partial charge in [0.25, 0.3) is 0 Å². The van der Waals surface area contributed by atoms with Crippen LogP contribution in [0.15, 0.2) is 0 Å². The summed E-state index contributed by atoms with van der Waals surface area (Å²) in [6.07, 6.45) is 1.73. The van der Waals surface area contributed by atoms with E-state index in [9.17, 15) is 9.59 Å². The molecule has 0 spiro atoms. The first-order valence-corrected chi connectivity index (χ1v) is 6.27. The molecule has 17 heavy (non-hydrogen) atoms. The number of carbonyl (C=O) groups is 2. The molecule has 0 aromatic carbocycles. The predicted octanol–water partition coefficient (Wildman–Crippen LogP) is 0.788. The lowest BCUT2D eigenvalue weighted by Gasteiger charge is -2.21. The minimum Gasteiger partial charge on any atom is -0.372 e. The van der Waals surface area contributed by atoms with Gasteiger partial charge in [-0.3, -0.25) is 9.59 Å². The Morgan fingerprint density at radius 2 is 1.88 bits per heavy atom. The van der Waals surface area contributed by atoms with Crippen LogP contribution in [0.2, 0.25) is 0 Å². The Balaban J connectivity index is 4.12. The number of carbonyl (C=O) groups excluding carboxylic acids is 2. The average Bonchev–Trinajstić information content (AvgIpc) is 2.32. The van der Waals surface area contributed by atoms with Gasteiger partial charge in [0, 0.05) is 19.7 Å². The standard InChI is InChI=1S/C12H24N2O3/c1-4-7-13-11(15)9-14(8-5-2)12(16)10-17-6-3/h4-10H2,1-3H3,(H,13,15). The predicted molar refractivity (Wildman–Crippen MR) is 66.7 cm³/mol. The van der Waals surface area contributed by atoms with Crippen molar-refractivity contribution in [1.29, 1.82) is 0 Å². The van der Waals surface area contributed by atoms with Crippen LogP contribution in [0.1, 0.15) is 33.6 Å². The lowest BCUT2D eigenvalue weighted by atomic mass is 10.3. The molecule has 2 amide bonds. The van der Waals surface area contributed by atoms with E-state index in [2.05, 4.69) is 5.32 Å². The second-order valence-electron chi connectivity index (χ2n) is 3.80. The topological polar surface area (TPSA) is 58.6 Å².